The molecule has 43 heavy (non-hydrogen) atoms. The average Bonchev–Trinajstić information content (AvgIpc) is 3.01. The molecule has 0 spiro atoms. The zero-order valence-electron chi connectivity index (χ0n) is 26.0. The third-order valence-electron chi connectivity index (χ3n) is 7.78. The number of rotatable bonds is 18. The molecule has 0 bridgehead atoms. The first-order valence-corrected chi connectivity index (χ1v) is 15.5. The molecule has 1 saturated carbocycles. The van der Waals surface area contributed by atoms with Crippen molar-refractivity contribution in [3.05, 3.63) is 47.0 Å². The third-order valence-corrected chi connectivity index (χ3v) is 7.78. The van der Waals surface area contributed by atoms with Crippen LogP contribution >= 0.6 is 0 Å². The quantitative estimate of drug-likeness (QED) is 0.184. The molecular weight excluding hydrogens is 548 g/mol. The van der Waals surface area contributed by atoms with Crippen molar-refractivity contribution < 1.29 is 28.5 Å². The molecule has 238 valence electrons. The maximum absolute atomic E-state index is 13.4. The van der Waals surface area contributed by atoms with Gasteiger partial charge in [-0.2, -0.15) is 0 Å². The lowest BCUT2D eigenvalue weighted by Crippen LogP contribution is -2.44. The van der Waals surface area contributed by atoms with Gasteiger partial charge in [0.25, 0.3) is 11.8 Å². The molecule has 3 rings (SSSR count). The molecule has 10 nitrogen and oxygen atoms in total. The Balaban J connectivity index is 1.56. The van der Waals surface area contributed by atoms with Crippen LogP contribution in [0.25, 0.3) is 0 Å². The molecule has 0 heterocycles. The van der Waals surface area contributed by atoms with Crippen molar-refractivity contribution in [1.82, 2.24) is 10.6 Å². The minimum absolute atomic E-state index is 0.00861. The van der Waals surface area contributed by atoms with E-state index in [9.17, 15) is 9.59 Å². The van der Waals surface area contributed by atoms with Crippen molar-refractivity contribution >= 4 is 11.8 Å². The van der Waals surface area contributed by atoms with E-state index in [-0.39, 0.29) is 23.9 Å². The maximum Gasteiger partial charge on any atom is 0.255 e. The van der Waals surface area contributed by atoms with Gasteiger partial charge in [0.1, 0.15) is 23.0 Å². The normalized spacial score (nSPS) is 16.3. The molecule has 6 N–H and O–H groups in total. The number of carbonyl (C=O) groups excluding carboxylic acids is 2. The van der Waals surface area contributed by atoms with Crippen molar-refractivity contribution in [2.45, 2.75) is 83.2 Å². The van der Waals surface area contributed by atoms with Crippen LogP contribution in [0.15, 0.2) is 30.3 Å². The summed E-state index contributed by atoms with van der Waals surface area (Å²) >= 11 is 0. The summed E-state index contributed by atoms with van der Waals surface area (Å²) in [6, 6.07) is 8.95. The number of hydrogen-bond acceptors (Lipinski definition) is 8. The van der Waals surface area contributed by atoms with Gasteiger partial charge in [0.2, 0.25) is 0 Å². The van der Waals surface area contributed by atoms with E-state index in [0.29, 0.717) is 60.4 Å². The Morgan fingerprint density at radius 1 is 0.698 bits per heavy atom. The van der Waals surface area contributed by atoms with Gasteiger partial charge in [0.05, 0.1) is 38.6 Å². The van der Waals surface area contributed by atoms with E-state index in [4.69, 9.17) is 30.4 Å². The predicted molar refractivity (Wildman–Crippen MR) is 169 cm³/mol. The Labute approximate surface area is 256 Å². The van der Waals surface area contributed by atoms with Gasteiger partial charge in [-0.05, 0) is 108 Å². The summed E-state index contributed by atoms with van der Waals surface area (Å²) in [6.07, 6.45) is 8.73. The number of aryl methyl sites for hydroxylation is 1. The molecule has 10 heteroatoms. The van der Waals surface area contributed by atoms with Gasteiger partial charge in [-0.25, -0.2) is 0 Å². The van der Waals surface area contributed by atoms with Crippen molar-refractivity contribution in [3.8, 4) is 23.0 Å². The van der Waals surface area contributed by atoms with E-state index in [2.05, 4.69) is 10.6 Å². The lowest BCUT2D eigenvalue weighted by atomic mass is 9.90. The Bertz CT molecular complexity index is 1170. The molecule has 0 saturated heterocycles. The van der Waals surface area contributed by atoms with E-state index < -0.39 is 0 Å². The fraction of sp³-hybridized carbons (Fsp3) is 0.576. The smallest absolute Gasteiger partial charge is 0.255 e. The number of carbonyl (C=O) groups is 2. The molecule has 2 aromatic carbocycles. The van der Waals surface area contributed by atoms with E-state index in [0.717, 1.165) is 69.8 Å². The summed E-state index contributed by atoms with van der Waals surface area (Å²) in [5, 5.41) is 6.32. The Kier molecular flexibility index (Phi) is 14.4. The van der Waals surface area contributed by atoms with Crippen molar-refractivity contribution in [2.24, 2.45) is 11.5 Å². The van der Waals surface area contributed by atoms with Gasteiger partial charge < -0.3 is 41.0 Å². The van der Waals surface area contributed by atoms with Crippen molar-refractivity contribution in [3.63, 3.8) is 0 Å². The van der Waals surface area contributed by atoms with Gasteiger partial charge in [-0.15, -0.1) is 0 Å². The first kappa shape index (κ1) is 34.0. The summed E-state index contributed by atoms with van der Waals surface area (Å²) < 4.78 is 22.8. The van der Waals surface area contributed by atoms with Crippen LogP contribution in [0.4, 0.5) is 0 Å². The fourth-order valence-electron chi connectivity index (χ4n) is 5.26. The van der Waals surface area contributed by atoms with Crippen molar-refractivity contribution in [2.75, 3.05) is 40.5 Å². The number of ether oxygens (including phenoxy) is 4. The average molecular weight is 599 g/mol. The molecular formula is C33H50N4O6. The van der Waals surface area contributed by atoms with E-state index in [1.807, 2.05) is 19.1 Å². The Morgan fingerprint density at radius 3 is 1.81 bits per heavy atom. The summed E-state index contributed by atoms with van der Waals surface area (Å²) in [7, 11) is 3.13. The minimum Gasteiger partial charge on any atom is -0.496 e. The van der Waals surface area contributed by atoms with Gasteiger partial charge in [-0.3, -0.25) is 9.59 Å². The maximum atomic E-state index is 13.4. The highest BCUT2D eigenvalue weighted by Gasteiger charge is 2.26. The minimum atomic E-state index is -0.176. The first-order chi connectivity index (χ1) is 20.9. The second-order valence-corrected chi connectivity index (χ2v) is 11.1. The van der Waals surface area contributed by atoms with Crippen LogP contribution in [-0.4, -0.2) is 64.4 Å². The molecule has 0 aliphatic heterocycles. The zero-order chi connectivity index (χ0) is 31.0. The highest BCUT2D eigenvalue weighted by Crippen LogP contribution is 2.30. The largest absolute Gasteiger partial charge is 0.496 e. The van der Waals surface area contributed by atoms with E-state index in [1.165, 1.54) is 0 Å². The SMILES string of the molecule is COc1cc(OC)c(C(=O)NC2CCC(NC(=O)c3ccc(OCCCCCN)cc3OCCCCCN)CC2)cc1C. The second-order valence-electron chi connectivity index (χ2n) is 11.1. The van der Waals surface area contributed by atoms with Crippen LogP contribution in [0.3, 0.4) is 0 Å². The lowest BCUT2D eigenvalue weighted by Gasteiger charge is -2.30. The molecule has 0 aromatic heterocycles. The summed E-state index contributed by atoms with van der Waals surface area (Å²) in [5.74, 6) is 2.00. The molecule has 1 aliphatic rings. The molecule has 1 aliphatic carbocycles. The lowest BCUT2D eigenvalue weighted by molar-refractivity contribution is 0.0888. The summed E-state index contributed by atoms with van der Waals surface area (Å²) in [5.41, 5.74) is 13.0. The van der Waals surface area contributed by atoms with E-state index in [1.54, 1.807) is 32.4 Å². The summed E-state index contributed by atoms with van der Waals surface area (Å²) in [6.45, 7) is 4.33. The number of unbranched alkanes of at least 4 members (excludes halogenated alkanes) is 4. The van der Waals surface area contributed by atoms with E-state index >= 15 is 0 Å². The fourth-order valence-corrected chi connectivity index (χ4v) is 5.26. The number of nitrogens with two attached hydrogens (primary N) is 2. The number of benzene rings is 2. The monoisotopic (exact) mass is 598 g/mol. The van der Waals surface area contributed by atoms with Gasteiger partial charge >= 0.3 is 0 Å². The topological polar surface area (TPSA) is 147 Å². The standard InChI is InChI=1S/C33H50N4O6/c1-23-20-28(30(41-3)22-29(23)40-2)33(39)37-25-12-10-24(11-13-25)36-32(38)27-15-14-26(42-18-8-4-6-16-34)21-31(27)43-19-9-5-7-17-35/h14-15,20-22,24-25H,4-13,16-19,34-35H2,1-3H3,(H,36,38)(H,37,39). The number of methoxy groups -OCH3 is 2. The highest BCUT2D eigenvalue weighted by molar-refractivity contribution is 5.98. The molecule has 0 unspecified atom stereocenters. The first-order valence-electron chi connectivity index (χ1n) is 15.5. The zero-order valence-corrected chi connectivity index (χ0v) is 26.0. The Hall–Kier alpha value is -3.50. The number of amides is 2. The van der Waals surface area contributed by atoms with Crippen LogP contribution < -0.4 is 41.0 Å². The molecule has 0 radical (unpaired) electrons. The van der Waals surface area contributed by atoms with Crippen LogP contribution in [0.5, 0.6) is 23.0 Å². The second kappa shape index (κ2) is 18.2. The van der Waals surface area contributed by atoms with Crippen LogP contribution in [-0.2, 0) is 0 Å². The summed E-state index contributed by atoms with van der Waals surface area (Å²) in [4.78, 5) is 26.4. The highest BCUT2D eigenvalue weighted by atomic mass is 16.5. The van der Waals surface area contributed by atoms with Crippen molar-refractivity contribution in [1.29, 1.82) is 0 Å². The Morgan fingerprint density at radius 2 is 1.26 bits per heavy atom. The number of nitrogens with one attached hydrogen (secondary N) is 2. The predicted octanol–water partition coefficient (Wildman–Crippen LogP) is 4.50. The van der Waals surface area contributed by atoms with Gasteiger partial charge in [0, 0.05) is 24.2 Å². The molecule has 2 aromatic rings. The third kappa shape index (κ3) is 10.6. The van der Waals surface area contributed by atoms with Crippen LogP contribution in [0, 0.1) is 6.92 Å². The number of hydrogen-bond donors (Lipinski definition) is 4. The van der Waals surface area contributed by atoms with Crippen LogP contribution in [0.2, 0.25) is 0 Å². The van der Waals surface area contributed by atoms with Crippen LogP contribution in [0.1, 0.15) is 90.5 Å². The molecule has 0 atom stereocenters. The molecule has 2 amide bonds. The van der Waals surface area contributed by atoms with Gasteiger partial charge in [0.15, 0.2) is 0 Å². The van der Waals surface area contributed by atoms with Gasteiger partial charge in [-0.1, -0.05) is 0 Å². The molecule has 1 fully saturated rings.